The summed E-state index contributed by atoms with van der Waals surface area (Å²) in [6.45, 7) is 9.97. The molecule has 0 aliphatic heterocycles. The fourth-order valence-electron chi connectivity index (χ4n) is 2.62. The van der Waals surface area contributed by atoms with E-state index in [4.69, 9.17) is 0 Å². The van der Waals surface area contributed by atoms with E-state index in [0.29, 0.717) is 5.69 Å². The molecular formula is C17H20N2O2. The number of hydrogen-bond donors (Lipinski definition) is 1. The third-order valence-electron chi connectivity index (χ3n) is 3.31. The molecule has 0 aliphatic carbocycles. The number of hydrogen-bond acceptors (Lipinski definition) is 2. The highest BCUT2D eigenvalue weighted by Crippen LogP contribution is 2.25. The van der Waals surface area contributed by atoms with Crippen LogP contribution in [0.15, 0.2) is 23.9 Å². The zero-order valence-electron chi connectivity index (χ0n) is 13.1. The van der Waals surface area contributed by atoms with Gasteiger partial charge in [-0.3, -0.25) is 0 Å². The van der Waals surface area contributed by atoms with Crippen LogP contribution < -0.4 is 0 Å². The first kappa shape index (κ1) is 15.0. The second-order valence-corrected chi connectivity index (χ2v) is 5.63. The average Bonchev–Trinajstić information content (AvgIpc) is 2.71. The van der Waals surface area contributed by atoms with Gasteiger partial charge >= 0.3 is 5.97 Å². The first-order valence-corrected chi connectivity index (χ1v) is 6.85. The van der Waals surface area contributed by atoms with Crippen molar-refractivity contribution in [3.05, 3.63) is 51.9 Å². The van der Waals surface area contributed by atoms with Crippen molar-refractivity contribution in [2.24, 2.45) is 0 Å². The van der Waals surface area contributed by atoms with Crippen molar-refractivity contribution in [1.82, 2.24) is 9.78 Å². The molecule has 1 N–H and O–H groups in total. The number of carboxylic acids is 1. The summed E-state index contributed by atoms with van der Waals surface area (Å²) < 4.78 is 1.72. The predicted octanol–water partition coefficient (Wildman–Crippen LogP) is 3.92. The molecule has 1 aromatic carbocycles. The molecule has 0 spiro atoms. The monoisotopic (exact) mass is 284 g/mol. The van der Waals surface area contributed by atoms with Gasteiger partial charge in [-0.2, -0.15) is 5.10 Å². The molecule has 110 valence electrons. The lowest BCUT2D eigenvalue weighted by molar-refractivity contribution is 0.0696. The van der Waals surface area contributed by atoms with Crippen molar-refractivity contribution in [3.8, 4) is 5.69 Å². The van der Waals surface area contributed by atoms with Gasteiger partial charge in [0.1, 0.15) is 5.56 Å². The smallest absolute Gasteiger partial charge is 0.339 e. The van der Waals surface area contributed by atoms with E-state index >= 15 is 0 Å². The van der Waals surface area contributed by atoms with Crippen molar-refractivity contribution in [3.63, 3.8) is 0 Å². The molecule has 2 rings (SSSR count). The zero-order valence-corrected chi connectivity index (χ0v) is 13.1. The van der Waals surface area contributed by atoms with E-state index in [9.17, 15) is 9.90 Å². The van der Waals surface area contributed by atoms with Crippen molar-refractivity contribution in [2.75, 3.05) is 0 Å². The molecular weight excluding hydrogens is 264 g/mol. The second kappa shape index (κ2) is 5.56. The normalized spacial score (nSPS) is 10.5. The quantitative estimate of drug-likeness (QED) is 0.929. The summed E-state index contributed by atoms with van der Waals surface area (Å²) in [5, 5.41) is 13.6. The molecule has 0 amide bonds. The summed E-state index contributed by atoms with van der Waals surface area (Å²) >= 11 is 0. The number of benzene rings is 1. The number of nitrogens with zero attached hydrogens (tertiary/aromatic N) is 2. The van der Waals surface area contributed by atoms with E-state index in [1.165, 1.54) is 11.8 Å². The third kappa shape index (κ3) is 2.89. The van der Waals surface area contributed by atoms with E-state index in [1.807, 2.05) is 40.7 Å². The fourth-order valence-corrected chi connectivity index (χ4v) is 2.62. The molecule has 0 fully saturated rings. The van der Waals surface area contributed by atoms with Crippen LogP contribution >= 0.6 is 0 Å². The van der Waals surface area contributed by atoms with Crippen LogP contribution in [0, 0.1) is 20.8 Å². The fraction of sp³-hybridized carbons (Fsp3) is 0.294. The minimum absolute atomic E-state index is 0.218. The molecule has 0 saturated heterocycles. The molecule has 1 aromatic heterocycles. The number of carboxylic acid groups (broad SMARTS) is 1. The molecule has 0 aliphatic rings. The predicted molar refractivity (Wildman–Crippen MR) is 84.1 cm³/mol. The summed E-state index contributed by atoms with van der Waals surface area (Å²) in [4.78, 5) is 11.4. The van der Waals surface area contributed by atoms with Crippen LogP contribution in [0.25, 0.3) is 11.8 Å². The van der Waals surface area contributed by atoms with Gasteiger partial charge in [-0.25, -0.2) is 9.48 Å². The third-order valence-corrected chi connectivity index (χ3v) is 3.31. The van der Waals surface area contributed by atoms with Gasteiger partial charge in [0.15, 0.2) is 0 Å². The Morgan fingerprint density at radius 3 is 2.24 bits per heavy atom. The first-order valence-electron chi connectivity index (χ1n) is 6.85. The molecule has 0 atom stereocenters. The Morgan fingerprint density at radius 1 is 1.19 bits per heavy atom. The molecule has 0 bridgehead atoms. The summed E-state index contributed by atoms with van der Waals surface area (Å²) in [5.41, 5.74) is 6.14. The SMILES string of the molecule is CC(C)=Cc1c(C(=O)O)cnn1-c1c(C)cc(C)cc1C. The van der Waals surface area contributed by atoms with Crippen LogP contribution in [0.5, 0.6) is 0 Å². The maximum atomic E-state index is 11.4. The Hall–Kier alpha value is -2.36. The van der Waals surface area contributed by atoms with E-state index in [0.717, 1.165) is 22.4 Å². The zero-order chi connectivity index (χ0) is 15.7. The number of carbonyl (C=O) groups is 1. The van der Waals surface area contributed by atoms with E-state index in [2.05, 4.69) is 17.2 Å². The maximum absolute atomic E-state index is 11.4. The molecule has 0 radical (unpaired) electrons. The van der Waals surface area contributed by atoms with Gasteiger partial charge in [0.2, 0.25) is 0 Å². The number of aromatic carboxylic acids is 1. The van der Waals surface area contributed by atoms with Crippen molar-refractivity contribution in [2.45, 2.75) is 34.6 Å². The lowest BCUT2D eigenvalue weighted by Gasteiger charge is -2.13. The molecule has 21 heavy (non-hydrogen) atoms. The highest BCUT2D eigenvalue weighted by Gasteiger charge is 2.18. The number of aromatic nitrogens is 2. The molecule has 4 nitrogen and oxygen atoms in total. The van der Waals surface area contributed by atoms with E-state index in [-0.39, 0.29) is 5.56 Å². The molecule has 4 heteroatoms. The van der Waals surface area contributed by atoms with Gasteiger partial charge < -0.3 is 5.11 Å². The number of allylic oxidation sites excluding steroid dienone is 1. The molecule has 1 heterocycles. The number of aryl methyl sites for hydroxylation is 3. The Kier molecular flexibility index (Phi) is 3.98. The number of rotatable bonds is 3. The summed E-state index contributed by atoms with van der Waals surface area (Å²) in [6, 6.07) is 4.16. The standard InChI is InChI=1S/C17H20N2O2/c1-10(2)6-15-14(17(20)21)9-18-19(15)16-12(4)7-11(3)8-13(16)5/h6-9H,1-5H3,(H,20,21). The Bertz CT molecular complexity index is 712. The summed E-state index contributed by atoms with van der Waals surface area (Å²) in [6.07, 6.45) is 3.27. The van der Waals surface area contributed by atoms with Gasteiger partial charge in [-0.15, -0.1) is 0 Å². The largest absolute Gasteiger partial charge is 0.478 e. The van der Waals surface area contributed by atoms with Crippen molar-refractivity contribution < 1.29 is 9.90 Å². The van der Waals surface area contributed by atoms with Crippen LogP contribution in [0.2, 0.25) is 0 Å². The maximum Gasteiger partial charge on any atom is 0.339 e. The summed E-state index contributed by atoms with van der Waals surface area (Å²) in [7, 11) is 0. The lowest BCUT2D eigenvalue weighted by Crippen LogP contribution is -2.07. The first-order chi connectivity index (χ1) is 9.81. The van der Waals surface area contributed by atoms with E-state index in [1.54, 1.807) is 4.68 Å². The molecule has 0 saturated carbocycles. The Morgan fingerprint density at radius 2 is 1.76 bits per heavy atom. The Labute approximate surface area is 124 Å². The van der Waals surface area contributed by atoms with Crippen molar-refractivity contribution in [1.29, 1.82) is 0 Å². The van der Waals surface area contributed by atoms with Gasteiger partial charge in [0.05, 0.1) is 17.6 Å². The van der Waals surface area contributed by atoms with Gasteiger partial charge in [-0.1, -0.05) is 23.3 Å². The lowest BCUT2D eigenvalue weighted by atomic mass is 10.0. The highest BCUT2D eigenvalue weighted by molar-refractivity contribution is 5.91. The molecule has 2 aromatic rings. The minimum Gasteiger partial charge on any atom is -0.478 e. The highest BCUT2D eigenvalue weighted by atomic mass is 16.4. The molecule has 0 unspecified atom stereocenters. The van der Waals surface area contributed by atoms with Crippen LogP contribution in [0.4, 0.5) is 0 Å². The van der Waals surface area contributed by atoms with Crippen LogP contribution in [-0.4, -0.2) is 20.9 Å². The minimum atomic E-state index is -0.962. The summed E-state index contributed by atoms with van der Waals surface area (Å²) in [5.74, 6) is -0.962. The van der Waals surface area contributed by atoms with Crippen molar-refractivity contribution >= 4 is 12.0 Å². The Balaban J connectivity index is 2.76. The van der Waals surface area contributed by atoms with Gasteiger partial charge in [0, 0.05) is 0 Å². The van der Waals surface area contributed by atoms with Crippen LogP contribution in [0.1, 0.15) is 46.6 Å². The van der Waals surface area contributed by atoms with Gasteiger partial charge in [0.25, 0.3) is 0 Å². The van der Waals surface area contributed by atoms with Gasteiger partial charge in [-0.05, 0) is 51.8 Å². The average molecular weight is 284 g/mol. The van der Waals surface area contributed by atoms with Crippen LogP contribution in [0.3, 0.4) is 0 Å². The van der Waals surface area contributed by atoms with Crippen LogP contribution in [-0.2, 0) is 0 Å². The van der Waals surface area contributed by atoms with E-state index < -0.39 is 5.97 Å². The topological polar surface area (TPSA) is 55.1 Å². The second-order valence-electron chi connectivity index (χ2n) is 5.63.